The minimum atomic E-state index is -4.39. The Morgan fingerprint density at radius 3 is 2.43 bits per heavy atom. The summed E-state index contributed by atoms with van der Waals surface area (Å²) in [6.45, 7) is 0. The quantitative estimate of drug-likeness (QED) is 0.786. The third-order valence-electron chi connectivity index (χ3n) is 3.45. The van der Waals surface area contributed by atoms with Crippen molar-refractivity contribution < 1.29 is 23.1 Å². The summed E-state index contributed by atoms with van der Waals surface area (Å²) in [6, 6.07) is 3.66. The molecule has 7 heteroatoms. The smallest absolute Gasteiger partial charge is 0.393 e. The van der Waals surface area contributed by atoms with E-state index in [0.29, 0.717) is 6.42 Å². The molecular weight excluding hydrogens is 285 g/mol. The molecule has 0 saturated heterocycles. The number of alkyl halides is 3. The van der Waals surface area contributed by atoms with Crippen LogP contribution in [0.1, 0.15) is 31.2 Å². The van der Waals surface area contributed by atoms with Gasteiger partial charge in [-0.1, -0.05) is 0 Å². The number of carbonyl (C=O) groups is 1. The molecule has 2 rings (SSSR count). The molecular formula is C14H17F3N2O2. The molecule has 21 heavy (non-hydrogen) atoms. The van der Waals surface area contributed by atoms with Crippen LogP contribution in [-0.4, -0.2) is 23.3 Å². The van der Waals surface area contributed by atoms with Gasteiger partial charge in [0.1, 0.15) is 0 Å². The largest absolute Gasteiger partial charge is 0.416 e. The van der Waals surface area contributed by atoms with Crippen LogP contribution in [-0.2, 0) is 6.18 Å². The van der Waals surface area contributed by atoms with E-state index in [-0.39, 0.29) is 11.7 Å². The van der Waals surface area contributed by atoms with Crippen molar-refractivity contribution in [3.8, 4) is 0 Å². The van der Waals surface area contributed by atoms with Crippen molar-refractivity contribution in [2.75, 3.05) is 5.32 Å². The summed E-state index contributed by atoms with van der Waals surface area (Å²) < 4.78 is 37.2. The van der Waals surface area contributed by atoms with Crippen LogP contribution < -0.4 is 10.6 Å². The third-order valence-corrected chi connectivity index (χ3v) is 3.45. The molecule has 1 aromatic carbocycles. The molecule has 116 valence electrons. The van der Waals surface area contributed by atoms with E-state index in [0.717, 1.165) is 31.4 Å². The summed E-state index contributed by atoms with van der Waals surface area (Å²) in [5.74, 6) is 0. The first-order valence-corrected chi connectivity index (χ1v) is 6.77. The normalized spacial score (nSPS) is 22.7. The lowest BCUT2D eigenvalue weighted by atomic mass is 9.93. The minimum absolute atomic E-state index is 0.108. The lowest BCUT2D eigenvalue weighted by Crippen LogP contribution is -2.41. The van der Waals surface area contributed by atoms with Gasteiger partial charge in [0, 0.05) is 11.7 Å². The minimum Gasteiger partial charge on any atom is -0.393 e. The molecule has 0 radical (unpaired) electrons. The Bertz CT molecular complexity index is 488. The molecule has 2 atom stereocenters. The molecule has 0 aliphatic heterocycles. The predicted molar refractivity (Wildman–Crippen MR) is 71.9 cm³/mol. The summed E-state index contributed by atoms with van der Waals surface area (Å²) in [7, 11) is 0. The van der Waals surface area contributed by atoms with Crippen LogP contribution in [0.15, 0.2) is 24.3 Å². The molecule has 1 aliphatic rings. The van der Waals surface area contributed by atoms with Crippen LogP contribution in [0.2, 0.25) is 0 Å². The summed E-state index contributed by atoms with van der Waals surface area (Å²) in [6.07, 6.45) is -1.93. The molecule has 3 N–H and O–H groups in total. The van der Waals surface area contributed by atoms with E-state index in [9.17, 15) is 23.1 Å². The second-order valence-corrected chi connectivity index (χ2v) is 5.19. The van der Waals surface area contributed by atoms with Gasteiger partial charge >= 0.3 is 12.2 Å². The van der Waals surface area contributed by atoms with Crippen LogP contribution in [0.25, 0.3) is 0 Å². The highest BCUT2D eigenvalue weighted by Gasteiger charge is 2.30. The molecule has 0 aromatic heterocycles. The average molecular weight is 302 g/mol. The second kappa shape index (κ2) is 6.34. The number of halogens is 3. The van der Waals surface area contributed by atoms with Crippen LogP contribution in [0.5, 0.6) is 0 Å². The molecule has 0 bridgehead atoms. The van der Waals surface area contributed by atoms with Crippen molar-refractivity contribution in [1.29, 1.82) is 0 Å². The number of anilines is 1. The number of nitrogens with one attached hydrogen (secondary N) is 2. The molecule has 0 heterocycles. The average Bonchev–Trinajstić information content (AvgIpc) is 2.38. The van der Waals surface area contributed by atoms with E-state index in [1.807, 2.05) is 0 Å². The number of hydrogen-bond acceptors (Lipinski definition) is 2. The van der Waals surface area contributed by atoms with Crippen LogP contribution in [0.4, 0.5) is 23.7 Å². The summed E-state index contributed by atoms with van der Waals surface area (Å²) in [5, 5.41) is 14.7. The van der Waals surface area contributed by atoms with Crippen LogP contribution >= 0.6 is 0 Å². The maximum absolute atomic E-state index is 12.4. The van der Waals surface area contributed by atoms with E-state index in [2.05, 4.69) is 10.6 Å². The molecule has 1 saturated carbocycles. The molecule has 0 unspecified atom stereocenters. The SMILES string of the molecule is O=C(Nc1ccc(C(F)(F)F)cc1)N[C@H]1CCC[C@@H](O)C1. The molecule has 4 nitrogen and oxygen atoms in total. The zero-order valence-electron chi connectivity index (χ0n) is 11.3. The van der Waals surface area contributed by atoms with E-state index < -0.39 is 23.9 Å². The standard InChI is InChI=1S/C14H17F3N2O2/c15-14(16,17)9-4-6-10(7-5-9)18-13(21)19-11-2-1-3-12(20)8-11/h4-7,11-12,20H,1-3,8H2,(H2,18,19,21)/t11-,12+/m0/s1. The van der Waals surface area contributed by atoms with Crippen molar-refractivity contribution in [2.45, 2.75) is 44.0 Å². The summed E-state index contributed by atoms with van der Waals surface area (Å²) in [4.78, 5) is 11.7. The fraction of sp³-hybridized carbons (Fsp3) is 0.500. The maximum atomic E-state index is 12.4. The van der Waals surface area contributed by atoms with Gasteiger partial charge in [-0.15, -0.1) is 0 Å². The Kier molecular flexibility index (Phi) is 4.72. The number of aliphatic hydroxyl groups is 1. The molecule has 0 spiro atoms. The Hall–Kier alpha value is -1.76. The van der Waals surface area contributed by atoms with Gasteiger partial charge in [-0.3, -0.25) is 0 Å². The van der Waals surface area contributed by atoms with E-state index in [1.54, 1.807) is 0 Å². The number of carbonyl (C=O) groups excluding carboxylic acids is 1. The highest BCUT2D eigenvalue weighted by Crippen LogP contribution is 2.29. The van der Waals surface area contributed by atoms with Gasteiger partial charge < -0.3 is 15.7 Å². The van der Waals surface area contributed by atoms with Crippen molar-refractivity contribution in [3.05, 3.63) is 29.8 Å². The summed E-state index contributed by atoms with van der Waals surface area (Å²) >= 11 is 0. The van der Waals surface area contributed by atoms with Crippen molar-refractivity contribution in [3.63, 3.8) is 0 Å². The van der Waals surface area contributed by atoms with E-state index in [4.69, 9.17) is 0 Å². The fourth-order valence-corrected chi connectivity index (χ4v) is 2.39. The highest BCUT2D eigenvalue weighted by molar-refractivity contribution is 5.89. The lowest BCUT2D eigenvalue weighted by molar-refractivity contribution is -0.137. The predicted octanol–water partition coefficient (Wildman–Crippen LogP) is 3.13. The summed E-state index contributed by atoms with van der Waals surface area (Å²) in [5.41, 5.74) is -0.472. The first kappa shape index (κ1) is 15.6. The third kappa shape index (κ3) is 4.63. The first-order valence-electron chi connectivity index (χ1n) is 6.77. The van der Waals surface area contributed by atoms with Crippen molar-refractivity contribution in [2.24, 2.45) is 0 Å². The van der Waals surface area contributed by atoms with Gasteiger partial charge in [0.2, 0.25) is 0 Å². The monoisotopic (exact) mass is 302 g/mol. The molecule has 2 amide bonds. The van der Waals surface area contributed by atoms with Gasteiger partial charge in [-0.2, -0.15) is 13.2 Å². The Balaban J connectivity index is 1.87. The first-order chi connectivity index (χ1) is 9.84. The topological polar surface area (TPSA) is 61.4 Å². The van der Waals surface area contributed by atoms with Gasteiger partial charge in [0.05, 0.1) is 11.7 Å². The highest BCUT2D eigenvalue weighted by atomic mass is 19.4. The molecule has 1 fully saturated rings. The zero-order valence-corrected chi connectivity index (χ0v) is 11.3. The number of aliphatic hydroxyl groups excluding tert-OH is 1. The second-order valence-electron chi connectivity index (χ2n) is 5.19. The number of hydrogen-bond donors (Lipinski definition) is 3. The van der Waals surface area contributed by atoms with Gasteiger partial charge in [0.25, 0.3) is 0 Å². The maximum Gasteiger partial charge on any atom is 0.416 e. The number of amides is 2. The van der Waals surface area contributed by atoms with Crippen molar-refractivity contribution >= 4 is 11.7 Å². The Labute approximate surface area is 120 Å². The van der Waals surface area contributed by atoms with Crippen LogP contribution in [0.3, 0.4) is 0 Å². The van der Waals surface area contributed by atoms with Gasteiger partial charge in [0.15, 0.2) is 0 Å². The van der Waals surface area contributed by atoms with Gasteiger partial charge in [-0.25, -0.2) is 4.79 Å². The van der Waals surface area contributed by atoms with E-state index >= 15 is 0 Å². The molecule has 1 aliphatic carbocycles. The van der Waals surface area contributed by atoms with Crippen molar-refractivity contribution in [1.82, 2.24) is 5.32 Å². The fourth-order valence-electron chi connectivity index (χ4n) is 2.39. The molecule has 1 aromatic rings. The lowest BCUT2D eigenvalue weighted by Gasteiger charge is -2.26. The Morgan fingerprint density at radius 1 is 1.19 bits per heavy atom. The Morgan fingerprint density at radius 2 is 1.86 bits per heavy atom. The van der Waals surface area contributed by atoms with E-state index in [1.165, 1.54) is 12.1 Å². The zero-order chi connectivity index (χ0) is 15.5. The number of rotatable bonds is 2. The van der Waals surface area contributed by atoms with Gasteiger partial charge in [-0.05, 0) is 49.9 Å². The number of urea groups is 1. The number of benzene rings is 1. The van der Waals surface area contributed by atoms with Crippen LogP contribution in [0, 0.1) is 0 Å².